The topological polar surface area (TPSA) is 78.9 Å². The number of ether oxygens (including phenoxy) is 3. The highest BCUT2D eigenvalue weighted by atomic mass is 16.6. The molecule has 0 aliphatic heterocycles. The minimum absolute atomic E-state index is 0.116. The van der Waals surface area contributed by atoms with Gasteiger partial charge >= 0.3 is 17.9 Å². The molecule has 6 heteroatoms. The normalized spacial score (nSPS) is 13.2. The zero-order valence-electron chi connectivity index (χ0n) is 53.4. The van der Waals surface area contributed by atoms with Gasteiger partial charge in [-0.15, -0.1) is 0 Å². The Balaban J connectivity index is 4.41. The molecule has 466 valence electrons. The van der Waals surface area contributed by atoms with Gasteiger partial charge in [0.05, 0.1) is 6.42 Å². The number of esters is 3. The second-order valence-electron chi connectivity index (χ2n) is 21.6. The lowest BCUT2D eigenvalue weighted by molar-refractivity contribution is -0.166. The quantitative estimate of drug-likeness (QED) is 0.0261. The molecular weight excluding hydrogens is 1020 g/mol. The molecule has 0 heterocycles. The van der Waals surface area contributed by atoms with Gasteiger partial charge in [0, 0.05) is 12.8 Å². The molecule has 0 amide bonds. The van der Waals surface area contributed by atoms with Gasteiger partial charge < -0.3 is 14.2 Å². The van der Waals surface area contributed by atoms with Gasteiger partial charge in [-0.25, -0.2) is 0 Å². The Morgan fingerprint density at radius 1 is 0.253 bits per heavy atom. The third-order valence-electron chi connectivity index (χ3n) is 13.7. The second-order valence-corrected chi connectivity index (χ2v) is 21.6. The molecule has 1 unspecified atom stereocenters. The minimum Gasteiger partial charge on any atom is -0.462 e. The number of hydrogen-bond acceptors (Lipinski definition) is 6. The molecule has 0 aliphatic carbocycles. The Bertz CT molecular complexity index is 1890. The van der Waals surface area contributed by atoms with Crippen LogP contribution in [0, 0.1) is 0 Å². The maximum absolute atomic E-state index is 12.9. The predicted molar refractivity (Wildman–Crippen MR) is 361 cm³/mol. The smallest absolute Gasteiger partial charge is 0.309 e. The Labute approximate surface area is 511 Å². The Morgan fingerprint density at radius 3 is 0.783 bits per heavy atom. The van der Waals surface area contributed by atoms with Crippen molar-refractivity contribution < 1.29 is 28.6 Å². The van der Waals surface area contributed by atoms with Gasteiger partial charge in [-0.2, -0.15) is 0 Å². The van der Waals surface area contributed by atoms with Crippen molar-refractivity contribution in [3.63, 3.8) is 0 Å². The van der Waals surface area contributed by atoms with E-state index < -0.39 is 12.1 Å². The average Bonchev–Trinajstić information content (AvgIpc) is 3.49. The molecule has 1 atom stereocenters. The van der Waals surface area contributed by atoms with Crippen LogP contribution in [0.5, 0.6) is 0 Å². The summed E-state index contributed by atoms with van der Waals surface area (Å²) in [6.45, 7) is 6.20. The number of rotatable bonds is 59. The largest absolute Gasteiger partial charge is 0.462 e. The summed E-state index contributed by atoms with van der Waals surface area (Å²) < 4.78 is 16.8. The maximum Gasteiger partial charge on any atom is 0.309 e. The van der Waals surface area contributed by atoms with Crippen LogP contribution in [0.2, 0.25) is 0 Å². The van der Waals surface area contributed by atoms with Crippen LogP contribution in [0.3, 0.4) is 0 Å². The summed E-state index contributed by atoms with van der Waals surface area (Å²) in [6, 6.07) is 0. The van der Waals surface area contributed by atoms with Crippen molar-refractivity contribution in [3.05, 3.63) is 170 Å². The number of unbranched alkanes of at least 4 members (excludes halogenated alkanes) is 21. The van der Waals surface area contributed by atoms with E-state index in [9.17, 15) is 14.4 Å². The van der Waals surface area contributed by atoms with E-state index in [-0.39, 0.29) is 38.0 Å². The summed E-state index contributed by atoms with van der Waals surface area (Å²) in [6.07, 6.45) is 103. The van der Waals surface area contributed by atoms with E-state index in [1.54, 1.807) is 6.08 Å². The molecule has 0 N–H and O–H groups in total. The van der Waals surface area contributed by atoms with Gasteiger partial charge in [-0.1, -0.05) is 300 Å². The Kier molecular flexibility index (Phi) is 64.9. The molecule has 83 heavy (non-hydrogen) atoms. The van der Waals surface area contributed by atoms with Crippen molar-refractivity contribution in [1.82, 2.24) is 0 Å². The zero-order valence-corrected chi connectivity index (χ0v) is 53.4. The van der Waals surface area contributed by atoms with E-state index in [0.717, 1.165) is 148 Å². The first-order valence-corrected chi connectivity index (χ1v) is 33.6. The molecule has 0 rings (SSSR count). The van der Waals surface area contributed by atoms with Gasteiger partial charge in [-0.3, -0.25) is 14.4 Å². The summed E-state index contributed by atoms with van der Waals surface area (Å²) in [4.78, 5) is 38.3. The lowest BCUT2D eigenvalue weighted by Gasteiger charge is -2.18. The first kappa shape index (κ1) is 77.8. The van der Waals surface area contributed by atoms with Crippen LogP contribution in [0.25, 0.3) is 0 Å². The summed E-state index contributed by atoms with van der Waals surface area (Å²) in [5.74, 6) is -1.08. The highest BCUT2D eigenvalue weighted by Crippen LogP contribution is 2.16. The SMILES string of the molecule is CC/C=C\C/C=C\C/C=C\C/C=C\C/C=C\CCCCCCCC(=O)OC(COC(=O)C/C=C\C/C=C\C/C=C\C/C=C\C/C=C\CC)COC(=O)CCCCCCCCCCCCCCCCCC/C=C\C/C=C\C/C=C\C/C=C\CC. The van der Waals surface area contributed by atoms with E-state index in [1.165, 1.54) is 89.9 Å². The molecule has 0 aromatic rings. The Hall–Kier alpha value is -5.23. The van der Waals surface area contributed by atoms with Crippen molar-refractivity contribution in [2.45, 2.75) is 284 Å². The molecule has 0 spiro atoms. The van der Waals surface area contributed by atoms with Crippen molar-refractivity contribution in [2.24, 2.45) is 0 Å². The minimum atomic E-state index is -0.838. The van der Waals surface area contributed by atoms with E-state index in [4.69, 9.17) is 14.2 Å². The van der Waals surface area contributed by atoms with Gasteiger partial charge in [0.15, 0.2) is 6.10 Å². The van der Waals surface area contributed by atoms with E-state index in [1.807, 2.05) is 6.08 Å². The van der Waals surface area contributed by atoms with E-state index >= 15 is 0 Å². The lowest BCUT2D eigenvalue weighted by Crippen LogP contribution is -2.30. The summed E-state index contributed by atoms with van der Waals surface area (Å²) in [5, 5.41) is 0. The average molecular weight is 1140 g/mol. The molecule has 6 nitrogen and oxygen atoms in total. The highest BCUT2D eigenvalue weighted by molar-refractivity contribution is 5.72. The van der Waals surface area contributed by atoms with Gasteiger partial charge in [0.25, 0.3) is 0 Å². The number of hydrogen-bond donors (Lipinski definition) is 0. The first-order valence-electron chi connectivity index (χ1n) is 33.6. The van der Waals surface area contributed by atoms with Crippen molar-refractivity contribution in [1.29, 1.82) is 0 Å². The summed E-state index contributed by atoms with van der Waals surface area (Å²) in [7, 11) is 0. The lowest BCUT2D eigenvalue weighted by atomic mass is 10.0. The molecule has 0 saturated carbocycles. The fraction of sp³-hybridized carbons (Fsp3) is 0.597. The van der Waals surface area contributed by atoms with Crippen LogP contribution in [0.4, 0.5) is 0 Å². The summed E-state index contributed by atoms with van der Waals surface area (Å²) in [5.41, 5.74) is 0. The molecule has 0 aliphatic rings. The van der Waals surface area contributed by atoms with Crippen LogP contribution in [-0.2, 0) is 28.6 Å². The standard InChI is InChI=1S/C77H122O6/c1-4-7-10-13-16-19-22-25-28-30-32-34-35-36-37-38-39-40-41-43-44-46-49-52-55-58-61-64-67-70-76(79)82-73-74(72-81-75(78)69-66-63-60-57-54-51-48-27-24-21-18-15-12-9-6-3)83-77(80)71-68-65-62-59-56-53-50-47-45-42-33-31-29-26-23-20-17-14-11-8-5-2/h7-12,16-21,25-29,32-34,42,47-48,50,54,57,63,66,74H,4-6,13-15,22-24,30-31,35-41,43-46,49,51-53,55-56,58-62,64-65,67-73H2,1-3H3/b10-7-,11-8-,12-9-,19-16-,20-17-,21-18-,28-25-,29-26-,34-32-,42-33-,48-27-,50-47-,57-54-,66-63-. The highest BCUT2D eigenvalue weighted by Gasteiger charge is 2.19. The van der Waals surface area contributed by atoms with Crippen LogP contribution in [0.15, 0.2) is 170 Å². The second kappa shape index (κ2) is 69.3. The van der Waals surface area contributed by atoms with Crippen LogP contribution in [-0.4, -0.2) is 37.2 Å². The fourth-order valence-electron chi connectivity index (χ4n) is 8.83. The molecule has 0 fully saturated rings. The van der Waals surface area contributed by atoms with Crippen molar-refractivity contribution in [3.8, 4) is 0 Å². The number of allylic oxidation sites excluding steroid dienone is 27. The fourth-order valence-corrected chi connectivity index (χ4v) is 8.83. The molecular formula is C77H122O6. The Morgan fingerprint density at radius 2 is 0.482 bits per heavy atom. The third-order valence-corrected chi connectivity index (χ3v) is 13.7. The third kappa shape index (κ3) is 67.4. The molecule has 0 radical (unpaired) electrons. The van der Waals surface area contributed by atoms with Gasteiger partial charge in [0.2, 0.25) is 0 Å². The molecule has 0 saturated heterocycles. The van der Waals surface area contributed by atoms with Gasteiger partial charge in [0.1, 0.15) is 13.2 Å². The molecule has 0 aromatic heterocycles. The van der Waals surface area contributed by atoms with Crippen LogP contribution >= 0.6 is 0 Å². The summed E-state index contributed by atoms with van der Waals surface area (Å²) >= 11 is 0. The molecule has 0 aromatic carbocycles. The zero-order chi connectivity index (χ0) is 59.9. The molecule has 0 bridgehead atoms. The van der Waals surface area contributed by atoms with Crippen molar-refractivity contribution >= 4 is 17.9 Å². The monoisotopic (exact) mass is 1140 g/mol. The number of carbonyl (C=O) groups is 3. The van der Waals surface area contributed by atoms with Crippen LogP contribution < -0.4 is 0 Å². The van der Waals surface area contributed by atoms with E-state index in [2.05, 4.69) is 179 Å². The number of carbonyl (C=O) groups excluding carboxylic acids is 3. The van der Waals surface area contributed by atoms with E-state index in [0.29, 0.717) is 6.42 Å². The predicted octanol–water partition coefficient (Wildman–Crippen LogP) is 23.4. The first-order chi connectivity index (χ1) is 41.0. The van der Waals surface area contributed by atoms with Gasteiger partial charge in [-0.05, 0) is 128 Å². The van der Waals surface area contributed by atoms with Crippen LogP contribution in [0.1, 0.15) is 278 Å². The van der Waals surface area contributed by atoms with Crippen molar-refractivity contribution in [2.75, 3.05) is 13.2 Å². The maximum atomic E-state index is 12.9.